The first-order valence-electron chi connectivity index (χ1n) is 10.4. The number of nitrogens with zero attached hydrogens (tertiary/aromatic N) is 1. The van der Waals surface area contributed by atoms with Gasteiger partial charge < -0.3 is 24.4 Å². The van der Waals surface area contributed by atoms with Gasteiger partial charge in [-0.3, -0.25) is 0 Å². The Labute approximate surface area is 188 Å². The molecule has 0 aliphatic rings. The molecular formula is C24H31FN2O5. The zero-order valence-corrected chi connectivity index (χ0v) is 19.0. The van der Waals surface area contributed by atoms with Gasteiger partial charge in [0.1, 0.15) is 23.8 Å². The van der Waals surface area contributed by atoms with E-state index in [1.807, 2.05) is 30.3 Å². The zero-order valence-electron chi connectivity index (χ0n) is 19.0. The summed E-state index contributed by atoms with van der Waals surface area (Å²) in [4.78, 5) is 25.3. The second-order valence-electron chi connectivity index (χ2n) is 8.28. The monoisotopic (exact) mass is 446 g/mol. The van der Waals surface area contributed by atoms with Crippen LogP contribution in [-0.4, -0.2) is 42.9 Å². The van der Waals surface area contributed by atoms with Crippen molar-refractivity contribution in [2.75, 3.05) is 20.2 Å². The molecule has 7 nitrogen and oxygen atoms in total. The van der Waals surface area contributed by atoms with Gasteiger partial charge in [0.05, 0.1) is 13.2 Å². The number of amides is 2. The van der Waals surface area contributed by atoms with Crippen LogP contribution >= 0.6 is 0 Å². The highest BCUT2D eigenvalue weighted by molar-refractivity contribution is 5.68. The summed E-state index contributed by atoms with van der Waals surface area (Å²) in [5.41, 5.74) is 0.839. The standard InChI is InChI=1S/C24H31FN2O5/c1-24(2,3)32-22(28)26-13-8-14-30-21-12-11-20(25)15-19(21)16-27(4)23(29)31-17-18-9-6-5-7-10-18/h5-7,9-12,15H,8,13-14,16-17H2,1-4H3,(H,26,28). The number of alkyl carbamates (subject to hydrolysis) is 1. The highest BCUT2D eigenvalue weighted by Gasteiger charge is 2.16. The summed E-state index contributed by atoms with van der Waals surface area (Å²) in [6.45, 7) is 6.33. The molecule has 0 heterocycles. The van der Waals surface area contributed by atoms with Gasteiger partial charge in [-0.05, 0) is 51.0 Å². The van der Waals surface area contributed by atoms with Gasteiger partial charge in [-0.15, -0.1) is 0 Å². The maximum Gasteiger partial charge on any atom is 0.410 e. The van der Waals surface area contributed by atoms with Crippen molar-refractivity contribution in [2.24, 2.45) is 0 Å². The van der Waals surface area contributed by atoms with E-state index in [1.54, 1.807) is 27.8 Å². The van der Waals surface area contributed by atoms with Crippen molar-refractivity contribution in [2.45, 2.75) is 45.9 Å². The van der Waals surface area contributed by atoms with Gasteiger partial charge in [0.2, 0.25) is 0 Å². The summed E-state index contributed by atoms with van der Waals surface area (Å²) in [7, 11) is 1.58. The Bertz CT molecular complexity index is 884. The molecule has 2 aromatic rings. The molecule has 0 fully saturated rings. The lowest BCUT2D eigenvalue weighted by Crippen LogP contribution is -2.33. The van der Waals surface area contributed by atoms with Crippen molar-refractivity contribution in [3.8, 4) is 5.75 Å². The highest BCUT2D eigenvalue weighted by Crippen LogP contribution is 2.22. The Hall–Kier alpha value is -3.29. The average molecular weight is 447 g/mol. The minimum atomic E-state index is -0.558. The van der Waals surface area contributed by atoms with Crippen LogP contribution in [0.3, 0.4) is 0 Å². The van der Waals surface area contributed by atoms with Gasteiger partial charge in [-0.25, -0.2) is 14.0 Å². The molecule has 0 saturated heterocycles. The molecule has 0 atom stereocenters. The van der Waals surface area contributed by atoms with Crippen molar-refractivity contribution >= 4 is 12.2 Å². The Morgan fingerprint density at radius 3 is 2.50 bits per heavy atom. The van der Waals surface area contributed by atoms with Gasteiger partial charge >= 0.3 is 12.2 Å². The fraction of sp³-hybridized carbons (Fsp3) is 0.417. The van der Waals surface area contributed by atoms with Gasteiger partial charge in [0.25, 0.3) is 0 Å². The summed E-state index contributed by atoms with van der Waals surface area (Å²) in [6, 6.07) is 13.5. The van der Waals surface area contributed by atoms with Crippen LogP contribution in [0, 0.1) is 5.82 Å². The van der Waals surface area contributed by atoms with Gasteiger partial charge in [0, 0.05) is 19.2 Å². The first-order chi connectivity index (χ1) is 15.1. The first-order valence-corrected chi connectivity index (χ1v) is 10.4. The van der Waals surface area contributed by atoms with Crippen molar-refractivity contribution in [1.29, 1.82) is 0 Å². The predicted molar refractivity (Wildman–Crippen MR) is 119 cm³/mol. The molecule has 174 valence electrons. The van der Waals surface area contributed by atoms with E-state index in [1.165, 1.54) is 23.1 Å². The van der Waals surface area contributed by atoms with Crippen molar-refractivity contribution in [3.05, 3.63) is 65.5 Å². The Balaban J connectivity index is 1.82. The summed E-state index contributed by atoms with van der Waals surface area (Å²) < 4.78 is 30.0. The molecule has 0 aromatic heterocycles. The minimum absolute atomic E-state index is 0.122. The Morgan fingerprint density at radius 1 is 1.09 bits per heavy atom. The van der Waals surface area contributed by atoms with Gasteiger partial charge in [-0.1, -0.05) is 30.3 Å². The number of hydrogen-bond acceptors (Lipinski definition) is 5. The molecule has 2 aromatic carbocycles. The molecule has 2 rings (SSSR count). The minimum Gasteiger partial charge on any atom is -0.493 e. The first kappa shape index (κ1) is 25.0. The van der Waals surface area contributed by atoms with E-state index in [0.29, 0.717) is 30.9 Å². The maximum absolute atomic E-state index is 13.8. The molecule has 0 bridgehead atoms. The SMILES string of the molecule is CN(Cc1cc(F)ccc1OCCCNC(=O)OC(C)(C)C)C(=O)OCc1ccccc1. The molecule has 2 amide bonds. The maximum atomic E-state index is 13.8. The molecular weight excluding hydrogens is 415 g/mol. The van der Waals surface area contributed by atoms with E-state index in [4.69, 9.17) is 14.2 Å². The zero-order chi connectivity index (χ0) is 23.6. The van der Waals surface area contributed by atoms with E-state index in [0.717, 1.165) is 5.56 Å². The lowest BCUT2D eigenvalue weighted by Gasteiger charge is -2.20. The number of rotatable bonds is 9. The lowest BCUT2D eigenvalue weighted by atomic mass is 10.2. The molecule has 0 saturated carbocycles. The van der Waals surface area contributed by atoms with E-state index >= 15 is 0 Å². The topological polar surface area (TPSA) is 77.1 Å². The van der Waals surface area contributed by atoms with E-state index < -0.39 is 23.6 Å². The van der Waals surface area contributed by atoms with Gasteiger partial charge in [-0.2, -0.15) is 0 Å². The number of hydrogen-bond donors (Lipinski definition) is 1. The van der Waals surface area contributed by atoms with Gasteiger partial charge in [0.15, 0.2) is 0 Å². The number of carbonyl (C=O) groups is 2. The molecule has 8 heteroatoms. The Morgan fingerprint density at radius 2 is 1.81 bits per heavy atom. The third-order valence-corrected chi connectivity index (χ3v) is 4.19. The van der Waals surface area contributed by atoms with E-state index in [9.17, 15) is 14.0 Å². The molecule has 0 unspecified atom stereocenters. The van der Waals surface area contributed by atoms with E-state index in [2.05, 4.69) is 5.32 Å². The lowest BCUT2D eigenvalue weighted by molar-refractivity contribution is 0.0525. The van der Waals surface area contributed by atoms with Crippen LogP contribution in [0.4, 0.5) is 14.0 Å². The van der Waals surface area contributed by atoms with Crippen LogP contribution in [0.25, 0.3) is 0 Å². The fourth-order valence-electron chi connectivity index (χ4n) is 2.72. The average Bonchev–Trinajstić information content (AvgIpc) is 2.72. The quantitative estimate of drug-likeness (QED) is 0.555. The largest absolute Gasteiger partial charge is 0.493 e. The summed E-state index contributed by atoms with van der Waals surface area (Å²) >= 11 is 0. The van der Waals surface area contributed by atoms with Crippen LogP contribution in [-0.2, 0) is 22.6 Å². The highest BCUT2D eigenvalue weighted by atomic mass is 19.1. The summed E-state index contributed by atoms with van der Waals surface area (Å²) in [5, 5.41) is 2.65. The normalized spacial score (nSPS) is 10.9. The number of carbonyl (C=O) groups excluding carboxylic acids is 2. The number of ether oxygens (including phenoxy) is 3. The third-order valence-electron chi connectivity index (χ3n) is 4.19. The van der Waals surface area contributed by atoms with Crippen molar-refractivity contribution in [1.82, 2.24) is 10.2 Å². The van der Waals surface area contributed by atoms with Crippen LogP contribution < -0.4 is 10.1 Å². The van der Waals surface area contributed by atoms with Crippen molar-refractivity contribution in [3.63, 3.8) is 0 Å². The molecule has 0 spiro atoms. The smallest absolute Gasteiger partial charge is 0.410 e. The molecule has 1 N–H and O–H groups in total. The predicted octanol–water partition coefficient (Wildman–Crippen LogP) is 4.89. The summed E-state index contributed by atoms with van der Waals surface area (Å²) in [5.74, 6) is 0.0383. The van der Waals surface area contributed by atoms with Crippen molar-refractivity contribution < 1.29 is 28.2 Å². The van der Waals surface area contributed by atoms with Crippen LogP contribution in [0.1, 0.15) is 38.3 Å². The number of benzene rings is 2. The Kier molecular flexibility index (Phi) is 9.31. The second kappa shape index (κ2) is 11.9. The number of nitrogens with one attached hydrogen (secondary N) is 1. The summed E-state index contributed by atoms with van der Waals surface area (Å²) in [6.07, 6.45) is -0.480. The fourth-order valence-corrected chi connectivity index (χ4v) is 2.72. The molecule has 32 heavy (non-hydrogen) atoms. The van der Waals surface area contributed by atoms with Crippen LogP contribution in [0.5, 0.6) is 5.75 Å². The van der Waals surface area contributed by atoms with Crippen LogP contribution in [0.15, 0.2) is 48.5 Å². The third kappa shape index (κ3) is 9.24. The molecule has 0 aliphatic heterocycles. The second-order valence-corrected chi connectivity index (χ2v) is 8.28. The molecule has 0 radical (unpaired) electrons. The van der Waals surface area contributed by atoms with Crippen LogP contribution in [0.2, 0.25) is 0 Å². The number of halogens is 1. The van der Waals surface area contributed by atoms with E-state index in [-0.39, 0.29) is 13.2 Å². The molecule has 0 aliphatic carbocycles.